The van der Waals surface area contributed by atoms with Gasteiger partial charge in [0, 0.05) is 30.7 Å². The number of aromatic nitrogens is 2. The zero-order valence-corrected chi connectivity index (χ0v) is 23.8. The third-order valence-corrected chi connectivity index (χ3v) is 10.1. The van der Waals surface area contributed by atoms with E-state index in [9.17, 15) is 18.4 Å². The van der Waals surface area contributed by atoms with Crippen LogP contribution in [-0.2, 0) is 6.54 Å². The molecule has 0 aliphatic heterocycles. The molecule has 8 nitrogen and oxygen atoms in total. The minimum absolute atomic E-state index is 0.0363. The van der Waals surface area contributed by atoms with E-state index in [1.165, 1.54) is 63.3 Å². The van der Waals surface area contributed by atoms with Crippen LogP contribution < -0.4 is 26.4 Å². The lowest BCUT2D eigenvalue weighted by Gasteiger charge is -2.60. The number of benzene rings is 1. The van der Waals surface area contributed by atoms with Crippen molar-refractivity contribution in [2.24, 2.45) is 34.8 Å². The van der Waals surface area contributed by atoms with Crippen molar-refractivity contribution in [3.63, 3.8) is 0 Å². The average Bonchev–Trinajstić information content (AvgIpc) is 2.95. The highest BCUT2D eigenvalue weighted by Gasteiger charge is 2.55. The number of nitrogens with one attached hydrogen (secondary N) is 3. The van der Waals surface area contributed by atoms with Crippen molar-refractivity contribution in [1.82, 2.24) is 15.3 Å². The van der Waals surface area contributed by atoms with E-state index in [1.54, 1.807) is 12.1 Å². The van der Waals surface area contributed by atoms with Crippen LogP contribution in [-0.4, -0.2) is 41.5 Å². The zero-order valence-electron chi connectivity index (χ0n) is 23.8. The van der Waals surface area contributed by atoms with Crippen LogP contribution in [0.25, 0.3) is 0 Å². The maximum Gasteiger partial charge on any atom is 0.573 e. The smallest absolute Gasteiger partial charge is 0.405 e. The summed E-state index contributed by atoms with van der Waals surface area (Å²) < 4.78 is 42.6. The number of ether oxygens (including phenoxy) is 1. The summed E-state index contributed by atoms with van der Waals surface area (Å²) >= 11 is 0. The molecule has 0 saturated heterocycles. The van der Waals surface area contributed by atoms with E-state index in [0.717, 1.165) is 37.8 Å². The van der Waals surface area contributed by atoms with Crippen LogP contribution in [0.4, 0.5) is 24.9 Å². The molecular formula is C31H40F3N7O. The van der Waals surface area contributed by atoms with Gasteiger partial charge in [0.15, 0.2) is 0 Å². The number of nitriles is 1. The fourth-order valence-electron chi connectivity index (χ4n) is 8.44. The number of anilines is 2. The van der Waals surface area contributed by atoms with Crippen molar-refractivity contribution in [3.05, 3.63) is 41.6 Å². The van der Waals surface area contributed by atoms with Crippen molar-refractivity contribution in [1.29, 1.82) is 5.26 Å². The molecule has 1 heterocycles. The third-order valence-electron chi connectivity index (χ3n) is 10.1. The molecule has 5 aliphatic rings. The summed E-state index contributed by atoms with van der Waals surface area (Å²) in [4.78, 5) is 8.76. The number of rotatable bonds is 10. The monoisotopic (exact) mass is 583 g/mol. The van der Waals surface area contributed by atoms with Gasteiger partial charge < -0.3 is 26.4 Å². The second-order valence-corrected chi connectivity index (χ2v) is 13.1. The van der Waals surface area contributed by atoms with Gasteiger partial charge in [-0.15, -0.1) is 13.2 Å². The maximum absolute atomic E-state index is 12.8. The fourth-order valence-corrected chi connectivity index (χ4v) is 8.44. The van der Waals surface area contributed by atoms with Gasteiger partial charge in [0.25, 0.3) is 0 Å². The van der Waals surface area contributed by atoms with Gasteiger partial charge in [0.2, 0.25) is 5.95 Å². The minimum atomic E-state index is -4.78. The molecule has 1 aromatic heterocycles. The van der Waals surface area contributed by atoms with Gasteiger partial charge in [-0.25, -0.2) is 4.98 Å². The van der Waals surface area contributed by atoms with Crippen molar-refractivity contribution < 1.29 is 17.9 Å². The summed E-state index contributed by atoms with van der Waals surface area (Å²) in [5, 5.41) is 20.2. The molecule has 0 amide bonds. The second kappa shape index (κ2) is 11.9. The Morgan fingerprint density at radius 3 is 2.50 bits per heavy atom. The van der Waals surface area contributed by atoms with Crippen LogP contribution in [0.3, 0.4) is 0 Å². The first-order valence-electron chi connectivity index (χ1n) is 15.3. The van der Waals surface area contributed by atoms with Gasteiger partial charge in [-0.2, -0.15) is 10.2 Å². The normalized spacial score (nSPS) is 31.9. The van der Waals surface area contributed by atoms with E-state index >= 15 is 0 Å². The van der Waals surface area contributed by atoms with Crippen LogP contribution in [0.15, 0.2) is 30.5 Å². The predicted molar refractivity (Wildman–Crippen MR) is 153 cm³/mol. The molecule has 42 heavy (non-hydrogen) atoms. The molecule has 4 bridgehead atoms. The quantitative estimate of drug-likeness (QED) is 0.286. The summed E-state index contributed by atoms with van der Waals surface area (Å²) in [7, 11) is 0. The van der Waals surface area contributed by atoms with E-state index < -0.39 is 6.36 Å². The van der Waals surface area contributed by atoms with Crippen LogP contribution >= 0.6 is 0 Å². The van der Waals surface area contributed by atoms with Crippen LogP contribution in [0.1, 0.15) is 68.9 Å². The van der Waals surface area contributed by atoms with Crippen LogP contribution in [0.5, 0.6) is 5.75 Å². The summed E-state index contributed by atoms with van der Waals surface area (Å²) in [5.74, 6) is 3.27. The SMILES string of the molecule is N#Cc1cnc(NCc2ccccc2OC(F)(F)F)nc1NCC12CC3C[C@H](C1)C(NCC1CCC(N)CC1)[C@@H](C3)C2. The lowest BCUT2D eigenvalue weighted by molar-refractivity contribution is -0.274. The van der Waals surface area contributed by atoms with Gasteiger partial charge in [0.1, 0.15) is 23.2 Å². The highest BCUT2D eigenvalue weighted by molar-refractivity contribution is 5.53. The summed E-state index contributed by atoms with van der Waals surface area (Å²) in [6, 6.07) is 9.10. The molecule has 5 aliphatic carbocycles. The molecule has 5 atom stereocenters. The Hall–Kier alpha value is -3.10. The van der Waals surface area contributed by atoms with Gasteiger partial charge >= 0.3 is 6.36 Å². The first kappa shape index (κ1) is 29.0. The van der Waals surface area contributed by atoms with Gasteiger partial charge in [0.05, 0.1) is 6.20 Å². The molecule has 11 heteroatoms. The Balaban J connectivity index is 1.08. The van der Waals surface area contributed by atoms with E-state index in [2.05, 4.69) is 36.7 Å². The molecule has 7 rings (SSSR count). The Bertz CT molecular complexity index is 1270. The maximum atomic E-state index is 12.8. The molecule has 0 spiro atoms. The van der Waals surface area contributed by atoms with Crippen LogP contribution in [0.2, 0.25) is 0 Å². The van der Waals surface area contributed by atoms with E-state index in [-0.39, 0.29) is 23.7 Å². The van der Waals surface area contributed by atoms with Crippen molar-refractivity contribution >= 4 is 11.8 Å². The Kier molecular flexibility index (Phi) is 8.20. The summed E-state index contributed by atoms with van der Waals surface area (Å²) in [6.45, 7) is 1.89. The summed E-state index contributed by atoms with van der Waals surface area (Å²) in [6.07, 6.45) is 7.58. The Labute approximate surface area is 245 Å². The number of halogens is 3. The average molecular weight is 584 g/mol. The number of alkyl halides is 3. The minimum Gasteiger partial charge on any atom is -0.405 e. The third kappa shape index (κ3) is 6.60. The number of hydrogen-bond donors (Lipinski definition) is 4. The largest absolute Gasteiger partial charge is 0.573 e. The van der Waals surface area contributed by atoms with Gasteiger partial charge in [-0.05, 0) is 99.5 Å². The molecule has 5 saturated carbocycles. The Morgan fingerprint density at radius 1 is 1.05 bits per heavy atom. The van der Waals surface area contributed by atoms with E-state index in [1.807, 2.05) is 0 Å². The molecule has 1 aromatic carbocycles. The molecule has 3 unspecified atom stereocenters. The molecule has 0 radical (unpaired) electrons. The first-order chi connectivity index (χ1) is 20.2. The lowest BCUT2D eigenvalue weighted by atomic mass is 9.48. The topological polar surface area (TPSA) is 121 Å². The molecule has 2 aromatic rings. The lowest BCUT2D eigenvalue weighted by Crippen LogP contribution is -2.60. The van der Waals surface area contributed by atoms with Crippen molar-refractivity contribution in [2.75, 3.05) is 23.7 Å². The Morgan fingerprint density at radius 2 is 1.79 bits per heavy atom. The molecule has 5 fully saturated rings. The summed E-state index contributed by atoms with van der Waals surface area (Å²) in [5.41, 5.74) is 6.96. The van der Waals surface area contributed by atoms with Crippen LogP contribution in [0, 0.1) is 40.4 Å². The van der Waals surface area contributed by atoms with Gasteiger partial charge in [-0.1, -0.05) is 18.2 Å². The first-order valence-corrected chi connectivity index (χ1v) is 15.3. The predicted octanol–water partition coefficient (Wildman–Crippen LogP) is 5.57. The zero-order chi connectivity index (χ0) is 29.3. The second-order valence-electron chi connectivity index (χ2n) is 13.1. The highest BCUT2D eigenvalue weighted by atomic mass is 19.4. The van der Waals surface area contributed by atoms with E-state index in [0.29, 0.717) is 40.9 Å². The highest BCUT2D eigenvalue weighted by Crippen LogP contribution is 2.60. The number of nitrogens with two attached hydrogens (primary N) is 1. The van der Waals surface area contributed by atoms with Gasteiger partial charge in [-0.3, -0.25) is 0 Å². The molecule has 226 valence electrons. The fraction of sp³-hybridized carbons (Fsp3) is 0.645. The molecule has 5 N–H and O–H groups in total. The number of hydrogen-bond acceptors (Lipinski definition) is 8. The number of nitrogens with zero attached hydrogens (tertiary/aromatic N) is 3. The van der Waals surface area contributed by atoms with Crippen molar-refractivity contribution in [3.8, 4) is 11.8 Å². The number of para-hydroxylation sites is 1. The standard InChI is InChI=1S/C31H40F3N7O/c32-31(33,34)42-26-4-2-1-3-21(26)16-38-29-39-17-24(14-35)28(41-29)40-18-30-11-20-9-22(12-30)27(23(10-20)13-30)37-15-19-5-7-25(36)8-6-19/h1-4,17,19-20,22-23,25,27,37H,5-13,15-16,18,36H2,(H2,38,39,40,41)/t19?,20?,22-,23+,25?,27?,30?. The molecular weight excluding hydrogens is 543 g/mol. The van der Waals surface area contributed by atoms with E-state index in [4.69, 9.17) is 5.73 Å². The van der Waals surface area contributed by atoms with Crippen molar-refractivity contribution in [2.45, 2.75) is 82.8 Å².